The highest BCUT2D eigenvalue weighted by molar-refractivity contribution is 6.29. The number of carbonyl (C=O) groups excluding carboxylic acids is 1. The Hall–Kier alpha value is -1.28. The number of aryl methyl sites for hydroxylation is 1. The van der Waals surface area contributed by atoms with Gasteiger partial charge < -0.3 is 4.90 Å². The van der Waals surface area contributed by atoms with Crippen LogP contribution in [-0.4, -0.2) is 17.4 Å². The van der Waals surface area contributed by atoms with Crippen LogP contribution < -0.4 is 0 Å². The molecule has 0 spiro atoms. The maximum Gasteiger partial charge on any atom is 0.229 e. The molecule has 0 aliphatic heterocycles. The molecule has 2 fully saturated rings. The van der Waals surface area contributed by atoms with Crippen LogP contribution in [0.4, 0.5) is 0 Å². The lowest BCUT2D eigenvalue weighted by molar-refractivity contribution is -0.136. The molecule has 1 aromatic carbocycles. The van der Waals surface area contributed by atoms with Gasteiger partial charge in [-0.1, -0.05) is 42.4 Å². The first-order chi connectivity index (χ1) is 9.62. The molecule has 2 saturated carbocycles. The maximum atomic E-state index is 12.8. The molecule has 1 unspecified atom stereocenters. The summed E-state index contributed by atoms with van der Waals surface area (Å²) in [6.07, 6.45) is 4.24. The van der Waals surface area contributed by atoms with Gasteiger partial charge in [-0.25, -0.2) is 0 Å². The van der Waals surface area contributed by atoms with Crippen molar-refractivity contribution in [3.63, 3.8) is 0 Å². The highest BCUT2D eigenvalue weighted by Gasteiger charge is 2.75. The third kappa shape index (κ3) is 1.74. The number of nitrogens with zero attached hydrogens (tertiary/aromatic N) is 1. The highest BCUT2D eigenvalue weighted by atomic mass is 35.5. The Morgan fingerprint density at radius 3 is 2.75 bits per heavy atom. The molecule has 3 aliphatic carbocycles. The van der Waals surface area contributed by atoms with Crippen molar-refractivity contribution >= 4 is 17.5 Å². The Labute approximate surface area is 124 Å². The summed E-state index contributed by atoms with van der Waals surface area (Å²) in [7, 11) is 0. The van der Waals surface area contributed by atoms with Crippen LogP contribution >= 0.6 is 11.6 Å². The Kier molecular flexibility index (Phi) is 2.56. The minimum atomic E-state index is 0.00384. The third-order valence-corrected chi connectivity index (χ3v) is 5.31. The molecule has 1 atom stereocenters. The fraction of sp³-hybridized carbons (Fsp3) is 0.471. The molecule has 4 rings (SSSR count). The molecule has 104 valence electrons. The molecule has 20 heavy (non-hydrogen) atoms. The third-order valence-electron chi connectivity index (χ3n) is 5.19. The zero-order valence-corrected chi connectivity index (χ0v) is 12.2. The first kappa shape index (κ1) is 12.5. The summed E-state index contributed by atoms with van der Waals surface area (Å²) < 4.78 is 0. The van der Waals surface area contributed by atoms with Crippen LogP contribution in [0.1, 0.15) is 36.4 Å². The monoisotopic (exact) mass is 287 g/mol. The summed E-state index contributed by atoms with van der Waals surface area (Å²) in [5, 5.41) is 0.553. The van der Waals surface area contributed by atoms with Crippen LogP contribution in [-0.2, 0) is 11.2 Å². The van der Waals surface area contributed by atoms with Crippen LogP contribution in [0.2, 0.25) is 0 Å². The molecule has 3 heteroatoms. The van der Waals surface area contributed by atoms with Crippen molar-refractivity contribution in [2.24, 2.45) is 11.3 Å². The molecular formula is C17H18ClNO. The van der Waals surface area contributed by atoms with E-state index < -0.39 is 0 Å². The topological polar surface area (TPSA) is 20.3 Å². The molecule has 0 saturated heterocycles. The van der Waals surface area contributed by atoms with Gasteiger partial charge in [-0.05, 0) is 42.7 Å². The van der Waals surface area contributed by atoms with Gasteiger partial charge in [0.05, 0.1) is 18.0 Å². The first-order valence-corrected chi connectivity index (χ1v) is 7.72. The van der Waals surface area contributed by atoms with Crippen molar-refractivity contribution in [1.82, 2.24) is 4.90 Å². The number of rotatable bonds is 4. The minimum absolute atomic E-state index is 0.00384. The molecule has 0 bridgehead atoms. The van der Waals surface area contributed by atoms with Crippen molar-refractivity contribution in [2.45, 2.75) is 31.7 Å². The summed E-state index contributed by atoms with van der Waals surface area (Å²) in [5.74, 6) is 0.976. The highest BCUT2D eigenvalue weighted by Crippen LogP contribution is 2.76. The van der Waals surface area contributed by atoms with Crippen LogP contribution in [0.3, 0.4) is 0 Å². The minimum Gasteiger partial charge on any atom is -0.330 e. The van der Waals surface area contributed by atoms with E-state index in [1.54, 1.807) is 0 Å². The zero-order valence-electron chi connectivity index (χ0n) is 11.4. The van der Waals surface area contributed by atoms with Crippen molar-refractivity contribution in [1.29, 1.82) is 0 Å². The van der Waals surface area contributed by atoms with Crippen molar-refractivity contribution in [2.75, 3.05) is 6.54 Å². The van der Waals surface area contributed by atoms with Gasteiger partial charge >= 0.3 is 0 Å². The van der Waals surface area contributed by atoms with Gasteiger partial charge in [0.2, 0.25) is 5.91 Å². The van der Waals surface area contributed by atoms with E-state index in [0.29, 0.717) is 23.4 Å². The van der Waals surface area contributed by atoms with Gasteiger partial charge in [-0.3, -0.25) is 4.79 Å². The van der Waals surface area contributed by atoms with Gasteiger partial charge in [-0.15, -0.1) is 0 Å². The quantitative estimate of drug-likeness (QED) is 0.827. The predicted molar refractivity (Wildman–Crippen MR) is 79.4 cm³/mol. The second kappa shape index (κ2) is 4.11. The average molecular weight is 288 g/mol. The second-order valence-electron chi connectivity index (χ2n) is 6.46. The number of hydrogen-bond donors (Lipinski definition) is 0. The van der Waals surface area contributed by atoms with Gasteiger partial charge in [0.15, 0.2) is 0 Å². The van der Waals surface area contributed by atoms with E-state index in [9.17, 15) is 4.79 Å². The standard InChI is InChI=1S/C17H18ClNO/c1-11(18)10-19(16(20)17-8-13(17)9-17)15-7-6-12-4-2-3-5-14(12)15/h2-5,13,15H,1,6-10H2. The molecule has 0 N–H and O–H groups in total. The van der Waals surface area contributed by atoms with Crippen LogP contribution in [0.25, 0.3) is 0 Å². The number of hydrogen-bond acceptors (Lipinski definition) is 1. The fourth-order valence-corrected chi connectivity index (χ4v) is 3.83. The molecule has 1 amide bonds. The predicted octanol–water partition coefficient (Wildman–Crippen LogP) is 3.67. The van der Waals surface area contributed by atoms with Crippen LogP contribution in [0, 0.1) is 11.3 Å². The molecule has 0 radical (unpaired) electrons. The first-order valence-electron chi connectivity index (χ1n) is 7.34. The van der Waals surface area contributed by atoms with Crippen molar-refractivity contribution in [3.8, 4) is 0 Å². The number of amides is 1. The summed E-state index contributed by atoms with van der Waals surface area (Å²) in [5.41, 5.74) is 2.67. The van der Waals surface area contributed by atoms with E-state index in [1.165, 1.54) is 11.1 Å². The number of fused-ring (bicyclic) bond motifs is 2. The smallest absolute Gasteiger partial charge is 0.229 e. The lowest BCUT2D eigenvalue weighted by Crippen LogP contribution is -2.37. The Balaban J connectivity index is 1.65. The lowest BCUT2D eigenvalue weighted by Gasteiger charge is -2.31. The Morgan fingerprint density at radius 1 is 1.40 bits per heavy atom. The molecule has 2 nitrogen and oxygen atoms in total. The molecule has 3 aliphatic rings. The van der Waals surface area contributed by atoms with E-state index in [1.807, 2.05) is 4.90 Å². The van der Waals surface area contributed by atoms with E-state index in [0.717, 1.165) is 25.7 Å². The Morgan fingerprint density at radius 2 is 2.10 bits per heavy atom. The number of benzene rings is 1. The normalized spacial score (nSPS) is 32.2. The van der Waals surface area contributed by atoms with Crippen LogP contribution in [0.5, 0.6) is 0 Å². The van der Waals surface area contributed by atoms with E-state index in [4.69, 9.17) is 11.6 Å². The van der Waals surface area contributed by atoms with Crippen molar-refractivity contribution in [3.05, 3.63) is 47.0 Å². The summed E-state index contributed by atoms with van der Waals surface area (Å²) in [6.45, 7) is 4.27. The Bertz CT molecular complexity index is 603. The second-order valence-corrected chi connectivity index (χ2v) is 7.00. The zero-order chi connectivity index (χ0) is 13.9. The summed E-state index contributed by atoms with van der Waals surface area (Å²) >= 11 is 6.02. The summed E-state index contributed by atoms with van der Waals surface area (Å²) in [4.78, 5) is 14.8. The molecular weight excluding hydrogens is 270 g/mol. The fourth-order valence-electron chi connectivity index (χ4n) is 3.70. The van der Waals surface area contributed by atoms with Crippen molar-refractivity contribution < 1.29 is 4.79 Å². The van der Waals surface area contributed by atoms with Crippen LogP contribution in [0.15, 0.2) is 35.9 Å². The van der Waals surface area contributed by atoms with Gasteiger partial charge in [0, 0.05) is 5.03 Å². The number of carbonyl (C=O) groups is 1. The summed E-state index contributed by atoms with van der Waals surface area (Å²) in [6, 6.07) is 8.64. The SMILES string of the molecule is C=C(Cl)CN(C(=O)C12CC1C2)C1CCc2ccccc21. The van der Waals surface area contributed by atoms with E-state index in [-0.39, 0.29) is 11.5 Å². The van der Waals surface area contributed by atoms with Gasteiger partial charge in [0.25, 0.3) is 0 Å². The van der Waals surface area contributed by atoms with E-state index >= 15 is 0 Å². The lowest BCUT2D eigenvalue weighted by atomic mass is 10.0. The maximum absolute atomic E-state index is 12.8. The number of halogens is 1. The molecule has 1 aromatic rings. The molecule has 0 heterocycles. The van der Waals surface area contributed by atoms with Gasteiger partial charge in [0.1, 0.15) is 0 Å². The molecule has 0 aromatic heterocycles. The van der Waals surface area contributed by atoms with E-state index in [2.05, 4.69) is 30.8 Å². The average Bonchev–Trinajstić information content (AvgIpc) is 3.24. The largest absolute Gasteiger partial charge is 0.330 e. The van der Waals surface area contributed by atoms with Gasteiger partial charge in [-0.2, -0.15) is 0 Å².